The molecule has 2 saturated carbocycles. The molecule has 0 spiro atoms. The van der Waals surface area contributed by atoms with E-state index >= 15 is 0 Å². The fraction of sp³-hybridized carbons (Fsp3) is 0.407. The zero-order valence-corrected chi connectivity index (χ0v) is 75.7. The first kappa shape index (κ1) is 84.3. The maximum atomic E-state index is 6.48. The van der Waals surface area contributed by atoms with Gasteiger partial charge in [0.1, 0.15) is 28.2 Å². The second-order valence-electron chi connectivity index (χ2n) is 39.2. The lowest BCUT2D eigenvalue weighted by Crippen LogP contribution is -2.31. The van der Waals surface area contributed by atoms with Gasteiger partial charge in [0.25, 0.3) is 0 Å². The highest BCUT2D eigenvalue weighted by molar-refractivity contribution is 6.12. The average molecular weight is 1600 g/mol. The van der Waals surface area contributed by atoms with E-state index in [0.29, 0.717) is 35.5 Å². The zero-order chi connectivity index (χ0) is 84.9. The standard InChI is InChI=1S/C28H33N2O.C27H31N2O.C27H33N2O.C26H31N2O/c1-18(2)16-20-11-15-25(30(4)17-20)26-19(3)10-12-22-23-13-14-24(21-8-6-5-7-9-21)29-28(23)31-27(22)26;1-17(2)15-19-10-14-24(29(4)16-19)25-18(3)9-11-21-22-12-13-23(20-7-5-6-8-20)28-27(22)30-26(21)25;1-17(2)14-19-9-13-23(29(7)16-19)24-18(3)8-11-21-22-12-10-20(15-27(4,5)6)28-26(22)30-25(21)24;1-16(2)14-18-9-12-21(28(7)15-18)23-17(3)8-10-19-20-11-13-22(26(4,5)6)27-25(20)29-24(19)23/h10-15,17-18,21H,5-9,16H2,1-4H3;9-14,16-17,20H,5-8,15H2,1-4H3;8-13,16-17H,14-15H2,1-7H3;8-13,15-16H,14H2,1-7H3/q4*+1. The number of aromatic nitrogens is 8. The van der Waals surface area contributed by atoms with Crippen LogP contribution < -0.4 is 18.3 Å². The van der Waals surface area contributed by atoms with Crippen molar-refractivity contribution in [2.45, 2.75) is 232 Å². The van der Waals surface area contributed by atoms with Crippen molar-refractivity contribution in [2.75, 3.05) is 0 Å². The Kier molecular flexibility index (Phi) is 24.4. The molecule has 120 heavy (non-hydrogen) atoms. The van der Waals surface area contributed by atoms with Crippen LogP contribution in [0.15, 0.2) is 188 Å². The Morgan fingerprint density at radius 2 is 0.592 bits per heavy atom. The molecule has 620 valence electrons. The van der Waals surface area contributed by atoms with Gasteiger partial charge in [0.15, 0.2) is 47.1 Å². The maximum Gasteiger partial charge on any atom is 0.227 e. The predicted octanol–water partition coefficient (Wildman–Crippen LogP) is 26.5. The second-order valence-corrected chi connectivity index (χ2v) is 39.2. The van der Waals surface area contributed by atoms with E-state index in [2.05, 4.69) is 341 Å². The highest BCUT2D eigenvalue weighted by Gasteiger charge is 2.30. The van der Waals surface area contributed by atoms with Gasteiger partial charge < -0.3 is 17.7 Å². The number of fused-ring (bicyclic) bond motifs is 12. The molecule has 0 bridgehead atoms. The van der Waals surface area contributed by atoms with Gasteiger partial charge in [-0.1, -0.05) is 178 Å². The summed E-state index contributed by atoms with van der Waals surface area (Å²) in [5.41, 5.74) is 31.2. The van der Waals surface area contributed by atoms with Gasteiger partial charge in [-0.2, -0.15) is 0 Å². The van der Waals surface area contributed by atoms with Gasteiger partial charge in [0, 0.05) is 130 Å². The number of benzene rings is 4. The van der Waals surface area contributed by atoms with Gasteiger partial charge in [0.2, 0.25) is 45.6 Å². The van der Waals surface area contributed by atoms with Crippen molar-refractivity contribution >= 4 is 88.3 Å². The van der Waals surface area contributed by atoms with E-state index in [9.17, 15) is 0 Å². The van der Waals surface area contributed by atoms with E-state index < -0.39 is 0 Å². The molecule has 2 fully saturated rings. The third-order valence-corrected chi connectivity index (χ3v) is 24.6. The molecule has 12 nitrogen and oxygen atoms in total. The van der Waals surface area contributed by atoms with Crippen molar-refractivity contribution in [1.82, 2.24) is 19.9 Å². The van der Waals surface area contributed by atoms with Crippen LogP contribution in [0.25, 0.3) is 133 Å². The zero-order valence-electron chi connectivity index (χ0n) is 75.7. The molecular formula is C108H128N8O4+4. The molecule has 2 aliphatic carbocycles. The largest absolute Gasteiger partial charge is 0.437 e. The summed E-state index contributed by atoms with van der Waals surface area (Å²) in [6.07, 6.45) is 25.9. The molecule has 0 N–H and O–H groups in total. The molecule has 0 unspecified atom stereocenters. The van der Waals surface area contributed by atoms with Crippen molar-refractivity contribution in [2.24, 2.45) is 57.3 Å². The number of pyridine rings is 8. The number of nitrogens with zero attached hydrogens (tertiary/aromatic N) is 8. The molecule has 12 aromatic heterocycles. The Hall–Kier alpha value is -10.7. The number of furan rings is 4. The minimum Gasteiger partial charge on any atom is -0.437 e. The van der Waals surface area contributed by atoms with Crippen molar-refractivity contribution in [1.29, 1.82) is 0 Å². The first-order chi connectivity index (χ1) is 57.3. The van der Waals surface area contributed by atoms with Crippen LogP contribution in [0, 0.1) is 56.8 Å². The van der Waals surface area contributed by atoms with Crippen LogP contribution in [-0.2, 0) is 65.7 Å². The minimum absolute atomic E-state index is 0.00933. The minimum atomic E-state index is -0.00933. The maximum absolute atomic E-state index is 6.48. The monoisotopic (exact) mass is 1600 g/mol. The summed E-state index contributed by atoms with van der Waals surface area (Å²) < 4.78 is 34.6. The Morgan fingerprint density at radius 1 is 0.317 bits per heavy atom. The lowest BCUT2D eigenvalue weighted by molar-refractivity contribution is -0.660. The third-order valence-electron chi connectivity index (χ3n) is 24.6. The van der Waals surface area contributed by atoms with Gasteiger partial charge in [-0.3, -0.25) is 0 Å². The highest BCUT2D eigenvalue weighted by Crippen LogP contribution is 2.44. The van der Waals surface area contributed by atoms with E-state index in [0.717, 1.165) is 149 Å². The van der Waals surface area contributed by atoms with Gasteiger partial charge in [-0.15, -0.1) is 0 Å². The molecular weight excluding hydrogens is 1470 g/mol. The number of aryl methyl sites for hydroxylation is 8. The third kappa shape index (κ3) is 18.0. The van der Waals surface area contributed by atoms with E-state index in [4.69, 9.17) is 37.6 Å². The molecule has 18 rings (SSSR count). The molecule has 0 radical (unpaired) electrons. The summed E-state index contributed by atoms with van der Waals surface area (Å²) in [5.74, 6) is 3.76. The quantitative estimate of drug-likeness (QED) is 0.0931. The summed E-state index contributed by atoms with van der Waals surface area (Å²) in [6, 6.07) is 52.9. The van der Waals surface area contributed by atoms with Crippen molar-refractivity contribution < 1.29 is 35.9 Å². The van der Waals surface area contributed by atoms with Crippen LogP contribution in [0.5, 0.6) is 0 Å². The molecule has 0 amide bonds. The van der Waals surface area contributed by atoms with Crippen molar-refractivity contribution in [3.63, 3.8) is 0 Å². The van der Waals surface area contributed by atoms with Crippen molar-refractivity contribution in [3.8, 4) is 45.0 Å². The fourth-order valence-electron chi connectivity index (χ4n) is 18.8. The fourth-order valence-corrected chi connectivity index (χ4v) is 18.8. The van der Waals surface area contributed by atoms with E-state index in [1.807, 2.05) is 0 Å². The van der Waals surface area contributed by atoms with Gasteiger partial charge in [0.05, 0.1) is 22.3 Å². The summed E-state index contributed by atoms with van der Waals surface area (Å²) >= 11 is 0. The van der Waals surface area contributed by atoms with Gasteiger partial charge >= 0.3 is 0 Å². The molecule has 16 aromatic rings. The van der Waals surface area contributed by atoms with Gasteiger partial charge in [-0.25, -0.2) is 38.2 Å². The molecule has 12 heteroatoms. The highest BCUT2D eigenvalue weighted by atomic mass is 16.4. The van der Waals surface area contributed by atoms with Crippen LogP contribution in [-0.4, -0.2) is 19.9 Å². The molecule has 12 heterocycles. The van der Waals surface area contributed by atoms with Gasteiger partial charge in [-0.05, 0) is 210 Å². The molecule has 0 saturated heterocycles. The van der Waals surface area contributed by atoms with Crippen LogP contribution in [0.2, 0.25) is 0 Å². The summed E-state index contributed by atoms with van der Waals surface area (Å²) in [4.78, 5) is 19.7. The number of rotatable bonds is 15. The first-order valence-corrected chi connectivity index (χ1v) is 44.6. The molecule has 4 aromatic carbocycles. The lowest BCUT2D eigenvalue weighted by atomic mass is 9.86. The first-order valence-electron chi connectivity index (χ1n) is 44.6. The summed E-state index contributed by atoms with van der Waals surface area (Å²) in [7, 11) is 8.52. The van der Waals surface area contributed by atoms with E-state index in [1.54, 1.807) is 0 Å². The summed E-state index contributed by atoms with van der Waals surface area (Å²) in [6.45, 7) is 40.0. The lowest BCUT2D eigenvalue weighted by Gasteiger charge is -2.20. The second kappa shape index (κ2) is 34.8. The van der Waals surface area contributed by atoms with Crippen LogP contribution in [0.4, 0.5) is 0 Å². The molecule has 2 aliphatic rings. The molecule has 0 atom stereocenters. The normalized spacial score (nSPS) is 13.8. The van der Waals surface area contributed by atoms with Crippen LogP contribution in [0.3, 0.4) is 0 Å². The number of hydrogen-bond acceptors (Lipinski definition) is 8. The Balaban J connectivity index is 0.000000125. The molecule has 0 aliphatic heterocycles. The predicted molar refractivity (Wildman–Crippen MR) is 495 cm³/mol. The topological polar surface area (TPSA) is 120 Å². The Labute approximate surface area is 711 Å². The summed E-state index contributed by atoms with van der Waals surface area (Å²) in [5, 5.41) is 8.97. The smallest absolute Gasteiger partial charge is 0.227 e. The van der Waals surface area contributed by atoms with E-state index in [-0.39, 0.29) is 10.8 Å². The van der Waals surface area contributed by atoms with Crippen molar-refractivity contribution in [3.05, 3.63) is 238 Å². The number of hydrogen-bond donors (Lipinski definition) is 0. The SMILES string of the molecule is Cc1ccc2c(oc3nc(C(C)(C)C)ccc32)c1-c1ccc(CC(C)C)c[n+]1C.Cc1ccc2c(oc3nc(C4CCCC4)ccc32)c1-c1ccc(CC(C)C)c[n+]1C.Cc1ccc2c(oc3nc(C4CCCCC4)ccc32)c1-c1ccc(CC(C)C)c[n+]1C.Cc1ccc2c(oc3nc(CC(C)(C)C)ccc32)c1-c1ccc(CC(C)C)c[n+]1C. The average Bonchev–Trinajstić information content (AvgIpc) is 1.61. The van der Waals surface area contributed by atoms with E-state index in [1.165, 1.54) is 142 Å². The Morgan fingerprint density at radius 3 is 0.883 bits per heavy atom. The van der Waals surface area contributed by atoms with Crippen LogP contribution >= 0.6 is 0 Å². The Bertz CT molecular complexity index is 6470. The van der Waals surface area contributed by atoms with Crippen LogP contribution in [0.1, 0.15) is 234 Å².